The van der Waals surface area contributed by atoms with Gasteiger partial charge in [0.05, 0.1) is 32.5 Å². The number of aryl methyl sites for hydroxylation is 2. The molecule has 166 valence electrons. The monoisotopic (exact) mass is 425 g/mol. The van der Waals surface area contributed by atoms with Crippen LogP contribution in [0.2, 0.25) is 0 Å². The molecule has 3 aliphatic heterocycles. The molecule has 3 fully saturated rings. The average molecular weight is 426 g/mol. The Hall–Kier alpha value is -2.22. The molecular weight excluding hydrogens is 394 g/mol. The fraction of sp³-hybridized carbons (Fsp3) is 0.583. The summed E-state index contributed by atoms with van der Waals surface area (Å²) in [7, 11) is 0. The molecule has 2 aromatic rings. The molecule has 0 bridgehead atoms. The van der Waals surface area contributed by atoms with Crippen LogP contribution >= 0.6 is 0 Å². The summed E-state index contributed by atoms with van der Waals surface area (Å²) < 4.78 is 16.6. The summed E-state index contributed by atoms with van der Waals surface area (Å²) in [4.78, 5) is 18.0. The van der Waals surface area contributed by atoms with Gasteiger partial charge < -0.3 is 23.8 Å². The molecule has 7 heteroatoms. The first-order valence-corrected chi connectivity index (χ1v) is 11.3. The van der Waals surface area contributed by atoms with Gasteiger partial charge in [0, 0.05) is 44.1 Å². The molecule has 1 aromatic carbocycles. The van der Waals surface area contributed by atoms with Crippen LogP contribution in [-0.4, -0.2) is 73.5 Å². The number of hydrogen-bond donors (Lipinski definition) is 0. The minimum Gasteiger partial charge on any atom is -0.379 e. The van der Waals surface area contributed by atoms with Crippen LogP contribution in [0.3, 0.4) is 0 Å². The van der Waals surface area contributed by atoms with Gasteiger partial charge in [0.25, 0.3) is 5.91 Å². The summed E-state index contributed by atoms with van der Waals surface area (Å²) in [5, 5.41) is 4.00. The van der Waals surface area contributed by atoms with Crippen LogP contribution in [0.15, 0.2) is 34.9 Å². The molecule has 31 heavy (non-hydrogen) atoms. The van der Waals surface area contributed by atoms with Crippen molar-refractivity contribution < 1.29 is 18.8 Å². The van der Waals surface area contributed by atoms with Crippen molar-refractivity contribution in [2.45, 2.75) is 19.9 Å². The minimum atomic E-state index is -0.0309. The smallest absolute Gasteiger partial charge is 0.276 e. The van der Waals surface area contributed by atoms with E-state index < -0.39 is 0 Å². The van der Waals surface area contributed by atoms with E-state index in [9.17, 15) is 4.79 Å². The Morgan fingerprint density at radius 1 is 1.10 bits per heavy atom. The Morgan fingerprint density at radius 3 is 2.58 bits per heavy atom. The number of rotatable bonds is 4. The molecule has 3 saturated heterocycles. The second-order valence-electron chi connectivity index (χ2n) is 9.24. The fourth-order valence-corrected chi connectivity index (χ4v) is 5.56. The maximum atomic E-state index is 13.4. The topological polar surface area (TPSA) is 68.0 Å². The fourth-order valence-electron chi connectivity index (χ4n) is 5.56. The SMILES string of the molecule is Cc1cc(C(=O)N2C[C@@H]3CN(CC4COCCOC4)C[C@@H]3[C@H]2c2ccccc2C)no1. The molecular formula is C24H31N3O4. The van der Waals surface area contributed by atoms with E-state index in [-0.39, 0.29) is 11.9 Å². The van der Waals surface area contributed by atoms with Gasteiger partial charge in [-0.3, -0.25) is 4.79 Å². The second-order valence-corrected chi connectivity index (χ2v) is 9.24. The number of carbonyl (C=O) groups excluding carboxylic acids is 1. The summed E-state index contributed by atoms with van der Waals surface area (Å²) in [5.41, 5.74) is 2.87. The van der Waals surface area contributed by atoms with E-state index in [4.69, 9.17) is 14.0 Å². The number of carbonyl (C=O) groups is 1. The third-order valence-electron chi connectivity index (χ3n) is 6.95. The summed E-state index contributed by atoms with van der Waals surface area (Å²) in [6, 6.07) is 10.2. The van der Waals surface area contributed by atoms with Crippen LogP contribution in [-0.2, 0) is 9.47 Å². The van der Waals surface area contributed by atoms with E-state index in [2.05, 4.69) is 41.2 Å². The van der Waals surface area contributed by atoms with Crippen molar-refractivity contribution in [3.63, 3.8) is 0 Å². The number of nitrogens with zero attached hydrogens (tertiary/aromatic N) is 3. The number of ether oxygens (including phenoxy) is 2. The molecule has 0 spiro atoms. The molecule has 0 radical (unpaired) electrons. The Kier molecular flexibility index (Phi) is 5.82. The van der Waals surface area contributed by atoms with Crippen molar-refractivity contribution in [3.8, 4) is 0 Å². The highest BCUT2D eigenvalue weighted by Crippen LogP contribution is 2.46. The number of amides is 1. The lowest BCUT2D eigenvalue weighted by Gasteiger charge is -2.31. The van der Waals surface area contributed by atoms with E-state index in [1.807, 2.05) is 11.8 Å². The maximum Gasteiger partial charge on any atom is 0.276 e. The average Bonchev–Trinajstić information content (AvgIpc) is 3.38. The summed E-state index contributed by atoms with van der Waals surface area (Å²) in [5.74, 6) is 1.90. The lowest BCUT2D eigenvalue weighted by molar-refractivity contribution is 0.0676. The van der Waals surface area contributed by atoms with Gasteiger partial charge in [-0.25, -0.2) is 0 Å². The standard InChI is InChI=1S/C24H31N3O4/c1-16-5-3-4-6-20(16)23-21-13-26(10-18-14-29-7-8-30-15-18)11-19(21)12-27(23)24(28)22-9-17(2)31-25-22/h3-6,9,18-19,21,23H,7-8,10-15H2,1-2H3/t19-,21-,23+/m0/s1. The van der Waals surface area contributed by atoms with Crippen molar-refractivity contribution >= 4 is 5.91 Å². The predicted molar refractivity (Wildman–Crippen MR) is 115 cm³/mol. The van der Waals surface area contributed by atoms with Gasteiger partial charge in [-0.1, -0.05) is 29.4 Å². The van der Waals surface area contributed by atoms with Gasteiger partial charge in [0.2, 0.25) is 0 Å². The van der Waals surface area contributed by atoms with Crippen LogP contribution in [0.5, 0.6) is 0 Å². The van der Waals surface area contributed by atoms with Gasteiger partial charge in [-0.05, 0) is 30.9 Å². The maximum absolute atomic E-state index is 13.4. The minimum absolute atomic E-state index is 0.0309. The molecule has 7 nitrogen and oxygen atoms in total. The zero-order valence-electron chi connectivity index (χ0n) is 18.3. The van der Waals surface area contributed by atoms with E-state index in [0.717, 1.165) is 39.4 Å². The van der Waals surface area contributed by atoms with Crippen LogP contribution in [0, 0.1) is 31.6 Å². The number of aromatic nitrogens is 1. The molecule has 0 N–H and O–H groups in total. The van der Waals surface area contributed by atoms with Crippen LogP contribution in [0.4, 0.5) is 0 Å². The quantitative estimate of drug-likeness (QED) is 0.750. The van der Waals surface area contributed by atoms with Gasteiger partial charge in [-0.15, -0.1) is 0 Å². The zero-order chi connectivity index (χ0) is 21.4. The van der Waals surface area contributed by atoms with Gasteiger partial charge >= 0.3 is 0 Å². The first-order chi connectivity index (χ1) is 15.1. The Morgan fingerprint density at radius 2 is 1.87 bits per heavy atom. The molecule has 3 atom stereocenters. The molecule has 5 rings (SSSR count). The van der Waals surface area contributed by atoms with Crippen LogP contribution < -0.4 is 0 Å². The summed E-state index contributed by atoms with van der Waals surface area (Å²) in [6.45, 7) is 10.6. The highest BCUT2D eigenvalue weighted by molar-refractivity contribution is 5.93. The largest absolute Gasteiger partial charge is 0.379 e. The molecule has 3 aliphatic rings. The second kappa shape index (κ2) is 8.73. The number of hydrogen-bond acceptors (Lipinski definition) is 6. The first kappa shape index (κ1) is 20.7. The molecule has 0 unspecified atom stereocenters. The first-order valence-electron chi connectivity index (χ1n) is 11.3. The summed E-state index contributed by atoms with van der Waals surface area (Å²) >= 11 is 0. The number of benzene rings is 1. The van der Waals surface area contributed by atoms with E-state index in [0.29, 0.717) is 42.4 Å². The van der Waals surface area contributed by atoms with Crippen molar-refractivity contribution in [1.82, 2.24) is 15.0 Å². The molecule has 1 aromatic heterocycles. The molecule has 4 heterocycles. The third kappa shape index (κ3) is 4.14. The zero-order valence-corrected chi connectivity index (χ0v) is 18.3. The van der Waals surface area contributed by atoms with Crippen LogP contribution in [0.1, 0.15) is 33.4 Å². The molecule has 0 aliphatic carbocycles. The molecule has 0 saturated carbocycles. The van der Waals surface area contributed by atoms with Crippen molar-refractivity contribution in [1.29, 1.82) is 0 Å². The van der Waals surface area contributed by atoms with Gasteiger partial charge in [0.1, 0.15) is 5.76 Å². The lowest BCUT2D eigenvalue weighted by atomic mass is 9.87. The lowest BCUT2D eigenvalue weighted by Crippen LogP contribution is -2.38. The van der Waals surface area contributed by atoms with Crippen molar-refractivity contribution in [2.24, 2.45) is 17.8 Å². The third-order valence-corrected chi connectivity index (χ3v) is 6.95. The predicted octanol–water partition coefficient (Wildman–Crippen LogP) is 2.70. The van der Waals surface area contributed by atoms with Gasteiger partial charge in [-0.2, -0.15) is 0 Å². The normalized spacial score (nSPS) is 27.4. The van der Waals surface area contributed by atoms with Gasteiger partial charge in [0.15, 0.2) is 5.69 Å². The highest BCUT2D eigenvalue weighted by Gasteiger charge is 2.50. The van der Waals surface area contributed by atoms with Crippen molar-refractivity contribution in [2.75, 3.05) is 52.6 Å². The van der Waals surface area contributed by atoms with E-state index >= 15 is 0 Å². The van der Waals surface area contributed by atoms with E-state index in [1.165, 1.54) is 11.1 Å². The summed E-state index contributed by atoms with van der Waals surface area (Å²) in [6.07, 6.45) is 0. The highest BCUT2D eigenvalue weighted by atomic mass is 16.5. The molecule has 1 amide bonds. The Labute approximate surface area is 183 Å². The van der Waals surface area contributed by atoms with E-state index in [1.54, 1.807) is 6.07 Å². The van der Waals surface area contributed by atoms with Crippen LogP contribution in [0.25, 0.3) is 0 Å². The Balaban J connectivity index is 1.37. The number of fused-ring (bicyclic) bond motifs is 1. The van der Waals surface area contributed by atoms with Crippen molar-refractivity contribution in [3.05, 3.63) is 52.9 Å². The Bertz CT molecular complexity index is 921. The number of likely N-dealkylation sites (tertiary alicyclic amines) is 2.